The summed E-state index contributed by atoms with van der Waals surface area (Å²) in [6, 6.07) is 5.24. The van der Waals surface area contributed by atoms with Crippen LogP contribution in [0.15, 0.2) is 45.4 Å². The number of rotatable bonds is 5. The van der Waals surface area contributed by atoms with Gasteiger partial charge in [0.2, 0.25) is 5.95 Å². The molecule has 30 heavy (non-hydrogen) atoms. The van der Waals surface area contributed by atoms with Crippen LogP contribution in [0.25, 0.3) is 10.6 Å². The molecule has 158 valence electrons. The average molecular weight is 446 g/mol. The number of thiophene rings is 1. The summed E-state index contributed by atoms with van der Waals surface area (Å²) >= 11 is 1.24. The van der Waals surface area contributed by atoms with Crippen LogP contribution in [-0.2, 0) is 10.0 Å². The molecular weight excluding hydrogens is 422 g/mol. The standard InChI is InChI=1S/C20H23N5O3S2/c26-30(27,25-12-10-24(11-13-25)20-21-8-3-9-22-20)18-7-6-17(29-18)16-14-23-19(28-16)15-4-1-2-5-15/h3,6-9,14-15H,1-2,4-5,10-13H2. The smallest absolute Gasteiger partial charge is 0.252 e. The van der Waals surface area contributed by atoms with Crippen LogP contribution < -0.4 is 4.90 Å². The van der Waals surface area contributed by atoms with Gasteiger partial charge in [-0.05, 0) is 31.0 Å². The molecule has 0 aromatic carbocycles. The van der Waals surface area contributed by atoms with Crippen LogP contribution in [0.3, 0.4) is 0 Å². The Morgan fingerprint density at radius 2 is 1.73 bits per heavy atom. The molecule has 0 amide bonds. The molecule has 0 radical (unpaired) electrons. The monoisotopic (exact) mass is 445 g/mol. The van der Waals surface area contributed by atoms with Crippen molar-refractivity contribution in [3.8, 4) is 10.6 Å². The Balaban J connectivity index is 1.28. The number of oxazole rings is 1. The minimum absolute atomic E-state index is 0.334. The molecule has 4 heterocycles. The first kappa shape index (κ1) is 19.7. The molecule has 0 unspecified atom stereocenters. The fraction of sp³-hybridized carbons (Fsp3) is 0.450. The summed E-state index contributed by atoms with van der Waals surface area (Å²) < 4.78 is 34.1. The number of nitrogens with zero attached hydrogens (tertiary/aromatic N) is 5. The van der Waals surface area contributed by atoms with E-state index in [4.69, 9.17) is 4.42 Å². The fourth-order valence-electron chi connectivity index (χ4n) is 4.06. The van der Waals surface area contributed by atoms with E-state index >= 15 is 0 Å². The lowest BCUT2D eigenvalue weighted by molar-refractivity contribution is 0.383. The first-order chi connectivity index (χ1) is 14.6. The van der Waals surface area contributed by atoms with Crippen LogP contribution >= 0.6 is 11.3 Å². The molecule has 1 saturated heterocycles. The van der Waals surface area contributed by atoms with Crippen LogP contribution in [0.4, 0.5) is 5.95 Å². The molecular formula is C20H23N5O3S2. The van der Waals surface area contributed by atoms with E-state index in [1.165, 1.54) is 28.5 Å². The van der Waals surface area contributed by atoms with Crippen LogP contribution in [-0.4, -0.2) is 53.9 Å². The quantitative estimate of drug-likeness (QED) is 0.594. The lowest BCUT2D eigenvalue weighted by Gasteiger charge is -2.33. The zero-order valence-electron chi connectivity index (χ0n) is 16.5. The van der Waals surface area contributed by atoms with E-state index in [9.17, 15) is 8.42 Å². The Morgan fingerprint density at radius 3 is 2.47 bits per heavy atom. The molecule has 3 aromatic rings. The van der Waals surface area contributed by atoms with Crippen LogP contribution in [0.1, 0.15) is 37.5 Å². The minimum atomic E-state index is -3.54. The lowest BCUT2D eigenvalue weighted by atomic mass is 10.1. The maximum absolute atomic E-state index is 13.1. The van der Waals surface area contributed by atoms with E-state index in [2.05, 4.69) is 15.0 Å². The van der Waals surface area contributed by atoms with Gasteiger partial charge in [-0.3, -0.25) is 0 Å². The molecule has 2 aliphatic rings. The number of aromatic nitrogens is 3. The van der Waals surface area contributed by atoms with Crippen molar-refractivity contribution in [2.24, 2.45) is 0 Å². The van der Waals surface area contributed by atoms with Crippen molar-refractivity contribution < 1.29 is 12.8 Å². The van der Waals surface area contributed by atoms with Gasteiger partial charge < -0.3 is 9.32 Å². The Hall–Kier alpha value is -2.30. The Kier molecular flexibility index (Phi) is 5.30. The largest absolute Gasteiger partial charge is 0.440 e. The summed E-state index contributed by atoms with van der Waals surface area (Å²) in [7, 11) is -3.54. The molecule has 1 aliphatic heterocycles. The second-order valence-corrected chi connectivity index (χ2v) is 10.9. The third-order valence-electron chi connectivity index (χ3n) is 5.72. The highest BCUT2D eigenvalue weighted by atomic mass is 32.2. The number of piperazine rings is 1. The summed E-state index contributed by atoms with van der Waals surface area (Å²) in [6.07, 6.45) is 9.77. The van der Waals surface area contributed by atoms with E-state index in [1.54, 1.807) is 30.7 Å². The topological polar surface area (TPSA) is 92.4 Å². The molecule has 0 bridgehead atoms. The number of hydrogen-bond donors (Lipinski definition) is 0. The van der Waals surface area contributed by atoms with Gasteiger partial charge in [0.1, 0.15) is 4.21 Å². The summed E-state index contributed by atoms with van der Waals surface area (Å²) in [5, 5.41) is 0. The summed E-state index contributed by atoms with van der Waals surface area (Å²) in [4.78, 5) is 15.7. The average Bonchev–Trinajstić information content (AvgIpc) is 3.55. The van der Waals surface area contributed by atoms with Gasteiger partial charge in [0, 0.05) is 44.5 Å². The van der Waals surface area contributed by atoms with E-state index in [1.807, 2.05) is 11.0 Å². The minimum Gasteiger partial charge on any atom is -0.440 e. The molecule has 10 heteroatoms. The van der Waals surface area contributed by atoms with Crippen LogP contribution in [0.5, 0.6) is 0 Å². The second-order valence-electron chi connectivity index (χ2n) is 7.60. The molecule has 1 aliphatic carbocycles. The Morgan fingerprint density at radius 1 is 1.00 bits per heavy atom. The third kappa shape index (κ3) is 3.75. The summed E-state index contributed by atoms with van der Waals surface area (Å²) in [5.41, 5.74) is 0. The first-order valence-electron chi connectivity index (χ1n) is 10.2. The number of sulfonamides is 1. The van der Waals surface area contributed by atoms with Crippen molar-refractivity contribution in [1.82, 2.24) is 19.3 Å². The molecule has 3 aromatic heterocycles. The second kappa shape index (κ2) is 8.09. The van der Waals surface area contributed by atoms with Crippen molar-refractivity contribution in [1.29, 1.82) is 0 Å². The van der Waals surface area contributed by atoms with Gasteiger partial charge >= 0.3 is 0 Å². The number of anilines is 1. The van der Waals surface area contributed by atoms with E-state index < -0.39 is 10.0 Å². The molecule has 5 rings (SSSR count). The maximum atomic E-state index is 13.1. The van der Waals surface area contributed by atoms with Crippen molar-refractivity contribution in [2.75, 3.05) is 31.1 Å². The van der Waals surface area contributed by atoms with Gasteiger partial charge in [-0.25, -0.2) is 23.4 Å². The zero-order chi connectivity index (χ0) is 20.6. The van der Waals surface area contributed by atoms with Gasteiger partial charge in [0.05, 0.1) is 11.1 Å². The number of hydrogen-bond acceptors (Lipinski definition) is 8. The highest BCUT2D eigenvalue weighted by molar-refractivity contribution is 7.91. The Labute approximate surface area is 179 Å². The SMILES string of the molecule is O=S(=O)(c1ccc(-c2cnc(C3CCCC3)o2)s1)N1CCN(c2ncccn2)CC1. The van der Waals surface area contributed by atoms with Gasteiger partial charge in [0.25, 0.3) is 10.0 Å². The molecule has 8 nitrogen and oxygen atoms in total. The van der Waals surface area contributed by atoms with Gasteiger partial charge in [-0.1, -0.05) is 12.8 Å². The van der Waals surface area contributed by atoms with Gasteiger partial charge in [-0.15, -0.1) is 11.3 Å². The van der Waals surface area contributed by atoms with Crippen LogP contribution in [0.2, 0.25) is 0 Å². The van der Waals surface area contributed by atoms with Gasteiger partial charge in [-0.2, -0.15) is 4.31 Å². The third-order valence-corrected chi connectivity index (χ3v) is 9.19. The summed E-state index contributed by atoms with van der Waals surface area (Å²) in [6.45, 7) is 1.94. The fourth-order valence-corrected chi connectivity index (χ4v) is 6.89. The maximum Gasteiger partial charge on any atom is 0.252 e. The van der Waals surface area contributed by atoms with Crippen LogP contribution in [0, 0.1) is 0 Å². The van der Waals surface area contributed by atoms with E-state index in [-0.39, 0.29) is 0 Å². The van der Waals surface area contributed by atoms with Crippen molar-refractivity contribution in [3.05, 3.63) is 42.7 Å². The molecule has 0 N–H and O–H groups in total. The van der Waals surface area contributed by atoms with E-state index in [0.29, 0.717) is 48.0 Å². The highest BCUT2D eigenvalue weighted by Crippen LogP contribution is 2.37. The van der Waals surface area contributed by atoms with Gasteiger partial charge in [0.15, 0.2) is 11.7 Å². The van der Waals surface area contributed by atoms with Crippen molar-refractivity contribution in [2.45, 2.75) is 35.8 Å². The highest BCUT2D eigenvalue weighted by Gasteiger charge is 2.31. The predicted molar refractivity (Wildman–Crippen MR) is 114 cm³/mol. The molecule has 1 saturated carbocycles. The summed E-state index contributed by atoms with van der Waals surface area (Å²) in [5.74, 6) is 2.46. The van der Waals surface area contributed by atoms with E-state index in [0.717, 1.165) is 23.6 Å². The normalized spacial score (nSPS) is 18.9. The molecule has 0 atom stereocenters. The first-order valence-corrected chi connectivity index (χ1v) is 12.4. The zero-order valence-corrected chi connectivity index (χ0v) is 18.1. The predicted octanol–water partition coefficient (Wildman–Crippen LogP) is 3.36. The lowest BCUT2D eigenvalue weighted by Crippen LogP contribution is -2.49. The van der Waals surface area contributed by atoms with Crippen molar-refractivity contribution >= 4 is 27.3 Å². The molecule has 0 spiro atoms. The Bertz CT molecular complexity index is 1100. The molecule has 2 fully saturated rings. The van der Waals surface area contributed by atoms with Crippen molar-refractivity contribution in [3.63, 3.8) is 0 Å².